The van der Waals surface area contributed by atoms with Gasteiger partial charge in [0.25, 0.3) is 0 Å². The highest BCUT2D eigenvalue weighted by Gasteiger charge is 2.24. The Morgan fingerprint density at radius 3 is 2.55 bits per heavy atom. The molecular formula is C14H20N2O3S. The number of carbonyl (C=O) groups is 2. The molecule has 6 heteroatoms. The monoisotopic (exact) mass is 296 g/mol. The first-order valence-corrected chi connectivity index (χ1v) is 7.80. The van der Waals surface area contributed by atoms with Gasteiger partial charge in [-0.2, -0.15) is 0 Å². The Labute approximate surface area is 123 Å². The average Bonchev–Trinajstić information content (AvgIpc) is 2.98. The lowest BCUT2D eigenvalue weighted by Gasteiger charge is -2.34. The Balaban J connectivity index is 1.73. The van der Waals surface area contributed by atoms with Gasteiger partial charge in [-0.3, -0.25) is 4.79 Å². The van der Waals surface area contributed by atoms with Gasteiger partial charge in [0.1, 0.15) is 0 Å². The lowest BCUT2D eigenvalue weighted by atomic mass is 10.2. The molecule has 0 aliphatic carbocycles. The van der Waals surface area contributed by atoms with Crippen molar-refractivity contribution in [3.63, 3.8) is 0 Å². The molecule has 110 valence electrons. The number of carbonyl (C=O) groups excluding carboxylic acids is 2. The summed E-state index contributed by atoms with van der Waals surface area (Å²) in [4.78, 5) is 28.4. The van der Waals surface area contributed by atoms with Crippen LogP contribution in [0.4, 0.5) is 4.79 Å². The molecule has 2 heterocycles. The first kappa shape index (κ1) is 14.8. The first-order chi connectivity index (χ1) is 9.70. The van der Waals surface area contributed by atoms with Gasteiger partial charge >= 0.3 is 6.09 Å². The number of aryl methyl sites for hydroxylation is 1. The van der Waals surface area contributed by atoms with E-state index in [0.29, 0.717) is 39.2 Å². The van der Waals surface area contributed by atoms with Gasteiger partial charge in [0.2, 0.25) is 5.91 Å². The van der Waals surface area contributed by atoms with Crippen LogP contribution in [-0.4, -0.2) is 54.6 Å². The first-order valence-electron chi connectivity index (χ1n) is 6.92. The molecule has 0 spiro atoms. The van der Waals surface area contributed by atoms with Crippen molar-refractivity contribution in [2.45, 2.75) is 19.8 Å². The van der Waals surface area contributed by atoms with Gasteiger partial charge < -0.3 is 14.5 Å². The molecular weight excluding hydrogens is 276 g/mol. The predicted octanol–water partition coefficient (Wildman–Crippen LogP) is 1.98. The summed E-state index contributed by atoms with van der Waals surface area (Å²) in [5, 5.41) is 2.03. The van der Waals surface area contributed by atoms with Crippen molar-refractivity contribution in [1.29, 1.82) is 0 Å². The minimum absolute atomic E-state index is 0.168. The average molecular weight is 296 g/mol. The van der Waals surface area contributed by atoms with Gasteiger partial charge in [0, 0.05) is 37.5 Å². The van der Waals surface area contributed by atoms with Crippen LogP contribution in [0.5, 0.6) is 0 Å². The van der Waals surface area contributed by atoms with Crippen LogP contribution in [0.25, 0.3) is 0 Å². The fourth-order valence-corrected chi connectivity index (χ4v) is 2.91. The Morgan fingerprint density at radius 1 is 1.25 bits per heavy atom. The highest BCUT2D eigenvalue weighted by Crippen LogP contribution is 2.13. The third-order valence-electron chi connectivity index (χ3n) is 3.32. The molecule has 1 aromatic heterocycles. The van der Waals surface area contributed by atoms with Gasteiger partial charge in [0.05, 0.1) is 6.61 Å². The molecule has 0 atom stereocenters. The summed E-state index contributed by atoms with van der Waals surface area (Å²) in [6.45, 7) is 4.50. The molecule has 1 fully saturated rings. The fraction of sp³-hybridized carbons (Fsp3) is 0.571. The topological polar surface area (TPSA) is 49.9 Å². The van der Waals surface area contributed by atoms with Crippen LogP contribution in [0.15, 0.2) is 17.5 Å². The number of hydrogen-bond acceptors (Lipinski definition) is 4. The van der Waals surface area contributed by atoms with Crippen LogP contribution in [0.3, 0.4) is 0 Å². The molecule has 1 aliphatic rings. The quantitative estimate of drug-likeness (QED) is 0.853. The van der Waals surface area contributed by atoms with E-state index in [1.54, 1.807) is 23.2 Å². The summed E-state index contributed by atoms with van der Waals surface area (Å²) in [6, 6.07) is 4.05. The maximum atomic E-state index is 12.1. The summed E-state index contributed by atoms with van der Waals surface area (Å²) in [5.41, 5.74) is 0. The van der Waals surface area contributed by atoms with E-state index in [1.165, 1.54) is 4.88 Å². The Hall–Kier alpha value is -1.56. The number of amides is 2. The van der Waals surface area contributed by atoms with Crippen LogP contribution in [0.1, 0.15) is 18.2 Å². The van der Waals surface area contributed by atoms with E-state index in [-0.39, 0.29) is 12.0 Å². The predicted molar refractivity (Wildman–Crippen MR) is 77.8 cm³/mol. The smallest absolute Gasteiger partial charge is 0.409 e. The second-order valence-corrected chi connectivity index (χ2v) is 5.68. The Bertz CT molecular complexity index is 439. The summed E-state index contributed by atoms with van der Waals surface area (Å²) in [7, 11) is 0. The maximum absolute atomic E-state index is 12.1. The van der Waals surface area contributed by atoms with Crippen molar-refractivity contribution < 1.29 is 14.3 Å². The second kappa shape index (κ2) is 7.28. The fourth-order valence-electron chi connectivity index (χ4n) is 2.20. The van der Waals surface area contributed by atoms with Gasteiger partial charge in [0.15, 0.2) is 0 Å². The van der Waals surface area contributed by atoms with Crippen LogP contribution in [-0.2, 0) is 16.0 Å². The largest absolute Gasteiger partial charge is 0.450 e. The van der Waals surface area contributed by atoms with Crippen molar-refractivity contribution >= 4 is 23.3 Å². The van der Waals surface area contributed by atoms with E-state index in [0.717, 1.165) is 6.42 Å². The van der Waals surface area contributed by atoms with E-state index in [9.17, 15) is 9.59 Å². The molecule has 0 unspecified atom stereocenters. The summed E-state index contributed by atoms with van der Waals surface area (Å²) >= 11 is 1.68. The molecule has 2 rings (SSSR count). The summed E-state index contributed by atoms with van der Waals surface area (Å²) in [5.74, 6) is 0.168. The minimum atomic E-state index is -0.279. The van der Waals surface area contributed by atoms with Crippen molar-refractivity contribution in [2.75, 3.05) is 32.8 Å². The highest BCUT2D eigenvalue weighted by molar-refractivity contribution is 7.09. The number of piperazine rings is 1. The maximum Gasteiger partial charge on any atom is 0.409 e. The molecule has 1 aliphatic heterocycles. The third kappa shape index (κ3) is 3.96. The molecule has 1 saturated heterocycles. The van der Waals surface area contributed by atoms with E-state index < -0.39 is 0 Å². The van der Waals surface area contributed by atoms with Gasteiger partial charge in [-0.05, 0) is 24.8 Å². The van der Waals surface area contributed by atoms with Crippen LogP contribution in [0, 0.1) is 0 Å². The van der Waals surface area contributed by atoms with Crippen molar-refractivity contribution in [2.24, 2.45) is 0 Å². The molecule has 0 radical (unpaired) electrons. The van der Waals surface area contributed by atoms with Crippen LogP contribution in [0.2, 0.25) is 0 Å². The molecule has 0 saturated carbocycles. The third-order valence-corrected chi connectivity index (χ3v) is 4.26. The standard InChI is InChI=1S/C14H20N2O3S/c1-2-19-14(18)16-9-7-15(8-10-16)13(17)6-5-12-4-3-11-20-12/h3-4,11H,2,5-10H2,1H3. The SMILES string of the molecule is CCOC(=O)N1CCN(C(=O)CCc2cccs2)CC1. The number of thiophene rings is 1. The molecule has 1 aromatic rings. The van der Waals surface area contributed by atoms with Gasteiger partial charge in [-0.1, -0.05) is 6.07 Å². The van der Waals surface area contributed by atoms with E-state index in [4.69, 9.17) is 4.74 Å². The van der Waals surface area contributed by atoms with Gasteiger partial charge in [-0.25, -0.2) is 4.79 Å². The molecule has 2 amide bonds. The van der Waals surface area contributed by atoms with E-state index >= 15 is 0 Å². The summed E-state index contributed by atoms with van der Waals surface area (Å²) in [6.07, 6.45) is 1.06. The van der Waals surface area contributed by atoms with Crippen molar-refractivity contribution in [1.82, 2.24) is 9.80 Å². The normalized spacial score (nSPS) is 15.2. The number of rotatable bonds is 4. The van der Waals surface area contributed by atoms with Crippen molar-refractivity contribution in [3.05, 3.63) is 22.4 Å². The minimum Gasteiger partial charge on any atom is -0.450 e. The van der Waals surface area contributed by atoms with Crippen molar-refractivity contribution in [3.8, 4) is 0 Å². The Kier molecular flexibility index (Phi) is 5.40. The molecule has 0 aromatic carbocycles. The zero-order valence-electron chi connectivity index (χ0n) is 11.7. The molecule has 20 heavy (non-hydrogen) atoms. The van der Waals surface area contributed by atoms with Crippen LogP contribution >= 0.6 is 11.3 Å². The molecule has 0 bridgehead atoms. The van der Waals surface area contributed by atoms with E-state index in [2.05, 4.69) is 6.07 Å². The lowest BCUT2D eigenvalue weighted by Crippen LogP contribution is -2.50. The molecule has 5 nitrogen and oxygen atoms in total. The number of ether oxygens (including phenoxy) is 1. The van der Waals surface area contributed by atoms with Crippen LogP contribution < -0.4 is 0 Å². The zero-order valence-corrected chi connectivity index (χ0v) is 12.5. The molecule has 0 N–H and O–H groups in total. The highest BCUT2D eigenvalue weighted by atomic mass is 32.1. The van der Waals surface area contributed by atoms with Gasteiger partial charge in [-0.15, -0.1) is 11.3 Å². The van der Waals surface area contributed by atoms with E-state index in [1.807, 2.05) is 16.3 Å². The Morgan fingerprint density at radius 2 is 1.95 bits per heavy atom. The summed E-state index contributed by atoms with van der Waals surface area (Å²) < 4.78 is 4.96. The number of nitrogens with zero attached hydrogens (tertiary/aromatic N) is 2. The second-order valence-electron chi connectivity index (χ2n) is 4.65. The lowest BCUT2D eigenvalue weighted by molar-refractivity contribution is -0.132. The number of hydrogen-bond donors (Lipinski definition) is 0. The zero-order chi connectivity index (χ0) is 14.4.